The van der Waals surface area contributed by atoms with E-state index in [0.29, 0.717) is 12.8 Å². The summed E-state index contributed by atoms with van der Waals surface area (Å²) >= 11 is 1.53. The number of aromatic amines is 1. The Kier molecular flexibility index (Phi) is 5.56. The molecule has 1 atom stereocenters. The van der Waals surface area contributed by atoms with E-state index in [9.17, 15) is 4.79 Å². The average molecular weight is 369 g/mol. The molecule has 0 spiro atoms. The molecule has 0 saturated heterocycles. The van der Waals surface area contributed by atoms with Crippen LogP contribution in [0.5, 0.6) is 0 Å². The summed E-state index contributed by atoms with van der Waals surface area (Å²) in [5, 5.41) is 3.78. The van der Waals surface area contributed by atoms with E-state index in [-0.39, 0.29) is 11.9 Å². The molecular formula is C19H23N5OS. The summed E-state index contributed by atoms with van der Waals surface area (Å²) in [7, 11) is 0. The minimum Gasteiger partial charge on any atom is -0.346 e. The van der Waals surface area contributed by atoms with E-state index in [1.807, 2.05) is 51.3 Å². The average Bonchev–Trinajstić information content (AvgIpc) is 3.05. The largest absolute Gasteiger partial charge is 0.346 e. The van der Waals surface area contributed by atoms with Gasteiger partial charge in [0.15, 0.2) is 5.16 Å². The van der Waals surface area contributed by atoms with Crippen molar-refractivity contribution in [2.24, 2.45) is 0 Å². The Morgan fingerprint density at radius 3 is 2.54 bits per heavy atom. The molecule has 7 heteroatoms. The molecule has 3 rings (SSSR count). The molecule has 0 saturated carbocycles. The van der Waals surface area contributed by atoms with Crippen molar-refractivity contribution in [3.8, 4) is 0 Å². The summed E-state index contributed by atoms with van der Waals surface area (Å²) in [6, 6.07) is 7.67. The van der Waals surface area contributed by atoms with E-state index in [1.165, 1.54) is 11.8 Å². The van der Waals surface area contributed by atoms with Gasteiger partial charge in [0.05, 0.1) is 17.1 Å². The normalized spacial score (nSPS) is 12.3. The lowest BCUT2D eigenvalue weighted by atomic mass is 10.1. The smallest absolute Gasteiger partial charge is 0.220 e. The van der Waals surface area contributed by atoms with Crippen LogP contribution < -0.4 is 5.32 Å². The topological polar surface area (TPSA) is 83.6 Å². The van der Waals surface area contributed by atoms with Gasteiger partial charge >= 0.3 is 0 Å². The van der Waals surface area contributed by atoms with E-state index in [1.54, 1.807) is 0 Å². The summed E-state index contributed by atoms with van der Waals surface area (Å²) in [4.78, 5) is 29.1. The maximum atomic E-state index is 12.4. The molecule has 0 aliphatic rings. The molecule has 1 amide bonds. The summed E-state index contributed by atoms with van der Waals surface area (Å²) in [6.45, 7) is 5.87. The van der Waals surface area contributed by atoms with Gasteiger partial charge in [0.25, 0.3) is 0 Å². The zero-order valence-corrected chi connectivity index (χ0v) is 16.3. The zero-order chi connectivity index (χ0) is 18.7. The van der Waals surface area contributed by atoms with Gasteiger partial charge in [0.2, 0.25) is 5.91 Å². The van der Waals surface area contributed by atoms with Gasteiger partial charge in [0.1, 0.15) is 5.82 Å². The fraction of sp³-hybridized carbons (Fsp3) is 0.368. The zero-order valence-electron chi connectivity index (χ0n) is 15.5. The highest BCUT2D eigenvalue weighted by Gasteiger charge is 2.15. The number of imidazole rings is 1. The molecule has 1 aromatic carbocycles. The first kappa shape index (κ1) is 18.4. The number of thioether (sulfide) groups is 1. The minimum atomic E-state index is -0.174. The number of fused-ring (bicyclic) bond motifs is 1. The molecule has 26 heavy (non-hydrogen) atoms. The Labute approximate surface area is 157 Å². The highest BCUT2D eigenvalue weighted by molar-refractivity contribution is 7.98. The third-order valence-electron chi connectivity index (χ3n) is 4.38. The Balaban J connectivity index is 1.62. The SMILES string of the molecule is CSc1nc(C)c(CCC(=O)NC(C)c2nc3ccccc3[nH]2)c(C)n1. The number of benzene rings is 1. The van der Waals surface area contributed by atoms with E-state index < -0.39 is 0 Å². The van der Waals surface area contributed by atoms with Crippen LogP contribution in [-0.4, -0.2) is 32.1 Å². The molecule has 2 aromatic heterocycles. The minimum absolute atomic E-state index is 0.00861. The van der Waals surface area contributed by atoms with Crippen molar-refractivity contribution in [2.75, 3.05) is 6.26 Å². The van der Waals surface area contributed by atoms with Crippen molar-refractivity contribution in [2.45, 2.75) is 44.8 Å². The monoisotopic (exact) mass is 369 g/mol. The van der Waals surface area contributed by atoms with Crippen LogP contribution in [0.1, 0.15) is 42.2 Å². The van der Waals surface area contributed by atoms with Crippen LogP contribution in [0, 0.1) is 13.8 Å². The number of carbonyl (C=O) groups is 1. The molecule has 2 N–H and O–H groups in total. The van der Waals surface area contributed by atoms with Gasteiger partial charge in [-0.3, -0.25) is 4.79 Å². The summed E-state index contributed by atoms with van der Waals surface area (Å²) in [5.41, 5.74) is 4.82. The number of hydrogen-bond acceptors (Lipinski definition) is 5. The van der Waals surface area contributed by atoms with Gasteiger partial charge in [0, 0.05) is 17.8 Å². The van der Waals surface area contributed by atoms with Gasteiger partial charge < -0.3 is 10.3 Å². The van der Waals surface area contributed by atoms with Crippen molar-refractivity contribution < 1.29 is 4.79 Å². The van der Waals surface area contributed by atoms with Crippen LogP contribution in [0.25, 0.3) is 11.0 Å². The first-order valence-electron chi connectivity index (χ1n) is 8.60. The summed E-state index contributed by atoms with van der Waals surface area (Å²) in [5.74, 6) is 0.755. The van der Waals surface area contributed by atoms with E-state index in [2.05, 4.69) is 25.3 Å². The Morgan fingerprint density at radius 2 is 1.88 bits per heavy atom. The second kappa shape index (κ2) is 7.86. The number of carbonyl (C=O) groups excluding carboxylic acids is 1. The lowest BCUT2D eigenvalue weighted by molar-refractivity contribution is -0.121. The van der Waals surface area contributed by atoms with Crippen molar-refractivity contribution in [3.63, 3.8) is 0 Å². The molecule has 6 nitrogen and oxygen atoms in total. The van der Waals surface area contributed by atoms with E-state index in [4.69, 9.17) is 0 Å². The standard InChI is InChI=1S/C19H23N5OS/c1-11-14(12(2)22-19(21-11)26-4)9-10-17(25)20-13(3)18-23-15-7-5-6-8-16(15)24-18/h5-8,13H,9-10H2,1-4H3,(H,20,25)(H,23,24). The van der Waals surface area contributed by atoms with Gasteiger partial charge in [-0.1, -0.05) is 23.9 Å². The number of H-pyrrole nitrogens is 1. The fourth-order valence-corrected chi connectivity index (χ4v) is 3.42. The van der Waals surface area contributed by atoms with Crippen molar-refractivity contribution in [3.05, 3.63) is 47.0 Å². The fourth-order valence-electron chi connectivity index (χ4n) is 2.96. The van der Waals surface area contributed by atoms with Crippen LogP contribution in [0.15, 0.2) is 29.4 Å². The lowest BCUT2D eigenvalue weighted by Crippen LogP contribution is -2.27. The van der Waals surface area contributed by atoms with E-state index in [0.717, 1.165) is 39.0 Å². The maximum absolute atomic E-state index is 12.4. The maximum Gasteiger partial charge on any atom is 0.220 e. The Morgan fingerprint density at radius 1 is 1.19 bits per heavy atom. The summed E-state index contributed by atoms with van der Waals surface area (Å²) in [6.07, 6.45) is 2.99. The number of aromatic nitrogens is 4. The molecule has 0 fully saturated rings. The van der Waals surface area contributed by atoms with Crippen molar-refractivity contribution >= 4 is 28.7 Å². The molecule has 0 bridgehead atoms. The number of amides is 1. The number of nitrogens with one attached hydrogen (secondary N) is 2. The molecule has 2 heterocycles. The van der Waals surface area contributed by atoms with Crippen LogP contribution >= 0.6 is 11.8 Å². The van der Waals surface area contributed by atoms with Crippen molar-refractivity contribution in [1.29, 1.82) is 0 Å². The van der Waals surface area contributed by atoms with Gasteiger partial charge in [-0.05, 0) is 51.1 Å². The van der Waals surface area contributed by atoms with Crippen LogP contribution in [0.2, 0.25) is 0 Å². The first-order valence-corrected chi connectivity index (χ1v) is 9.82. The molecular weight excluding hydrogens is 346 g/mol. The predicted molar refractivity (Wildman–Crippen MR) is 104 cm³/mol. The highest BCUT2D eigenvalue weighted by Crippen LogP contribution is 2.18. The molecule has 3 aromatic rings. The quantitative estimate of drug-likeness (QED) is 0.513. The lowest BCUT2D eigenvalue weighted by Gasteiger charge is -2.13. The number of aryl methyl sites for hydroxylation is 2. The number of hydrogen-bond donors (Lipinski definition) is 2. The molecule has 0 radical (unpaired) electrons. The molecule has 1 unspecified atom stereocenters. The molecule has 0 aliphatic carbocycles. The second-order valence-electron chi connectivity index (χ2n) is 6.29. The predicted octanol–water partition coefficient (Wildman–Crippen LogP) is 3.50. The van der Waals surface area contributed by atoms with Crippen LogP contribution in [0.4, 0.5) is 0 Å². The van der Waals surface area contributed by atoms with Gasteiger partial charge in [-0.2, -0.15) is 0 Å². The number of para-hydroxylation sites is 2. The van der Waals surface area contributed by atoms with Crippen LogP contribution in [0.3, 0.4) is 0 Å². The van der Waals surface area contributed by atoms with Crippen LogP contribution in [-0.2, 0) is 11.2 Å². The van der Waals surface area contributed by atoms with Crippen molar-refractivity contribution in [1.82, 2.24) is 25.3 Å². The number of rotatable bonds is 6. The second-order valence-corrected chi connectivity index (χ2v) is 7.06. The highest BCUT2D eigenvalue weighted by atomic mass is 32.2. The number of nitrogens with zero attached hydrogens (tertiary/aromatic N) is 3. The Bertz CT molecular complexity index is 881. The first-order chi connectivity index (χ1) is 12.5. The van der Waals surface area contributed by atoms with E-state index >= 15 is 0 Å². The molecule has 136 valence electrons. The van der Waals surface area contributed by atoms with Gasteiger partial charge in [-0.15, -0.1) is 0 Å². The summed E-state index contributed by atoms with van der Waals surface area (Å²) < 4.78 is 0. The van der Waals surface area contributed by atoms with Gasteiger partial charge in [-0.25, -0.2) is 15.0 Å². The Hall–Kier alpha value is -2.41. The third-order valence-corrected chi connectivity index (χ3v) is 4.93. The molecule has 0 aliphatic heterocycles. The third kappa shape index (κ3) is 4.04.